The van der Waals surface area contributed by atoms with Gasteiger partial charge >= 0.3 is 0 Å². The van der Waals surface area contributed by atoms with Crippen LogP contribution in [0.25, 0.3) is 0 Å². The van der Waals surface area contributed by atoms with E-state index in [1.54, 1.807) is 21.1 Å². The fraction of sp³-hybridized carbons (Fsp3) is 0.818. The molecule has 0 spiro atoms. The number of hydrogen-bond donors (Lipinski definition) is 10. The zero-order chi connectivity index (χ0) is 28.7. The normalized spacial score (nSPS) is 29.0. The second kappa shape index (κ2) is 19.4. The van der Waals surface area contributed by atoms with E-state index in [-0.39, 0.29) is 0 Å². The fourth-order valence-corrected chi connectivity index (χ4v) is 3.45. The van der Waals surface area contributed by atoms with Gasteiger partial charge in [0.05, 0.1) is 39.5 Å². The highest BCUT2D eigenvalue weighted by molar-refractivity contribution is 4.92. The van der Waals surface area contributed by atoms with Crippen LogP contribution in [0, 0.1) is 26.2 Å². The van der Waals surface area contributed by atoms with Crippen LogP contribution in [-0.2, 0) is 28.4 Å². The minimum atomic E-state index is -1.69. The van der Waals surface area contributed by atoms with Crippen LogP contribution < -0.4 is 16.0 Å². The number of aliphatic hydroxyl groups is 7. The first-order valence-corrected chi connectivity index (χ1v) is 11.9. The third kappa shape index (κ3) is 10.7. The van der Waals surface area contributed by atoms with Gasteiger partial charge in [-0.3, -0.25) is 0 Å². The lowest BCUT2D eigenvalue weighted by atomic mass is 9.99. The van der Waals surface area contributed by atoms with Gasteiger partial charge in [0, 0.05) is 7.11 Å². The number of aliphatic hydroxyl groups excluding tert-OH is 7. The molecule has 1 aliphatic rings. The van der Waals surface area contributed by atoms with Crippen molar-refractivity contribution in [1.82, 2.24) is 16.0 Å². The van der Waals surface area contributed by atoms with Crippen LogP contribution >= 0.6 is 0 Å². The molecule has 0 aromatic rings. The fourth-order valence-electron chi connectivity index (χ4n) is 3.45. The second-order valence-electron chi connectivity index (χ2n) is 8.10. The van der Waals surface area contributed by atoms with Crippen LogP contribution in [0.5, 0.6) is 0 Å². The lowest BCUT2D eigenvalue weighted by Crippen LogP contribution is -2.60. The van der Waals surface area contributed by atoms with Crippen molar-refractivity contribution in [2.24, 2.45) is 0 Å². The van der Waals surface area contributed by atoms with Crippen molar-refractivity contribution >= 4 is 0 Å². The summed E-state index contributed by atoms with van der Waals surface area (Å²) in [5.74, 6) is 0. The van der Waals surface area contributed by atoms with Gasteiger partial charge in [-0.2, -0.15) is 0 Å². The third-order valence-electron chi connectivity index (χ3n) is 5.46. The quantitative estimate of drug-likeness (QED) is 0.0597. The number of ether oxygens (including phenoxy) is 6. The molecule has 0 saturated carbocycles. The number of rotatable bonds is 21. The van der Waals surface area contributed by atoms with Gasteiger partial charge < -0.3 is 80.1 Å². The molecule has 16 nitrogen and oxygen atoms in total. The summed E-state index contributed by atoms with van der Waals surface area (Å²) in [6.45, 7) is 2.97. The van der Waals surface area contributed by atoms with E-state index in [0.29, 0.717) is 6.61 Å². The molecule has 10 N–H and O–H groups in total. The molecule has 1 aliphatic heterocycles. The molecule has 1 heterocycles. The molecule has 0 aromatic carbocycles. The Labute approximate surface area is 222 Å². The zero-order valence-electron chi connectivity index (χ0n) is 21.9. The Balaban J connectivity index is 3.00. The van der Waals surface area contributed by atoms with Crippen molar-refractivity contribution in [3.63, 3.8) is 0 Å². The summed E-state index contributed by atoms with van der Waals surface area (Å²) in [6, 6.07) is 0. The molecule has 8 unspecified atom stereocenters. The molecule has 1 fully saturated rings. The Morgan fingerprint density at radius 1 is 0.763 bits per heavy atom. The first-order chi connectivity index (χ1) is 18.2. The predicted molar refractivity (Wildman–Crippen MR) is 128 cm³/mol. The molecule has 4 radical (unpaired) electrons. The molecule has 224 valence electrons. The topological polar surface area (TPSA) is 233 Å². The van der Waals surface area contributed by atoms with Gasteiger partial charge in [0.15, 0.2) is 18.9 Å². The van der Waals surface area contributed by atoms with Crippen LogP contribution in [0.4, 0.5) is 0 Å². The average Bonchev–Trinajstić information content (AvgIpc) is 2.92. The van der Waals surface area contributed by atoms with E-state index in [9.17, 15) is 35.7 Å². The van der Waals surface area contributed by atoms with E-state index in [4.69, 9.17) is 28.4 Å². The van der Waals surface area contributed by atoms with E-state index in [1.165, 1.54) is 26.7 Å². The maximum absolute atomic E-state index is 10.3. The number of methoxy groups -OCH3 is 1. The van der Waals surface area contributed by atoms with Crippen molar-refractivity contribution in [1.29, 1.82) is 0 Å². The summed E-state index contributed by atoms with van der Waals surface area (Å²) < 4.78 is 33.4. The number of hydrogen-bond acceptors (Lipinski definition) is 16. The highest BCUT2D eigenvalue weighted by Crippen LogP contribution is 2.25. The van der Waals surface area contributed by atoms with Gasteiger partial charge in [-0.15, -0.1) is 0 Å². The summed E-state index contributed by atoms with van der Waals surface area (Å²) in [7, 11) is 6.10. The van der Waals surface area contributed by atoms with Gasteiger partial charge in [0.2, 0.25) is 0 Å². The molecule has 11 atom stereocenters. The first kappa shape index (κ1) is 35.4. The summed E-state index contributed by atoms with van der Waals surface area (Å²) in [5.41, 5.74) is 0. The molecule has 1 rings (SSSR count). The van der Waals surface area contributed by atoms with Crippen molar-refractivity contribution < 1.29 is 64.2 Å². The van der Waals surface area contributed by atoms with Gasteiger partial charge in [-0.05, 0) is 21.1 Å². The van der Waals surface area contributed by atoms with Gasteiger partial charge in [0.25, 0.3) is 0 Å². The number of nitrogens with one attached hydrogen (secondary N) is 3. The molecule has 0 bridgehead atoms. The first-order valence-electron chi connectivity index (χ1n) is 11.9. The van der Waals surface area contributed by atoms with Crippen LogP contribution in [0.3, 0.4) is 0 Å². The zero-order valence-corrected chi connectivity index (χ0v) is 21.9. The molecule has 1 saturated heterocycles. The van der Waals surface area contributed by atoms with E-state index in [2.05, 4.69) is 16.0 Å². The van der Waals surface area contributed by atoms with E-state index >= 15 is 0 Å². The maximum atomic E-state index is 10.3. The van der Waals surface area contributed by atoms with Crippen LogP contribution in [-0.4, -0.2) is 152 Å². The Hall–Kier alpha value is -0.640. The highest BCUT2D eigenvalue weighted by atomic mass is 16.7. The average molecular weight is 558 g/mol. The molecule has 0 amide bonds. The molecular weight excluding hydrogens is 514 g/mol. The van der Waals surface area contributed by atoms with E-state index in [0.717, 1.165) is 0 Å². The van der Waals surface area contributed by atoms with Crippen molar-refractivity contribution in [3.05, 3.63) is 26.2 Å². The summed E-state index contributed by atoms with van der Waals surface area (Å²) in [6.07, 6.45) is -14.4. The standard InChI is InChI=1S/C22H43N3O13/c1-23-5-12(37-22-21(32)20(31)19(30)16(11-29)38-22)13(8-26)35-18(7-25-3)36-15(10-28)14(9-27)34-17(33-4)6-24-2/h5-7,10,12-32H,8-9,11H2,1-4H3/t12?,13?,14?,15?,16?,17?,18?,19-,20-,21?,22+/m0/s1. The molecule has 16 heteroatoms. The Kier molecular flexibility index (Phi) is 18.1. The maximum Gasteiger partial charge on any atom is 0.187 e. The minimum absolute atomic E-state index is 0.564. The summed E-state index contributed by atoms with van der Waals surface area (Å²) >= 11 is 0. The van der Waals surface area contributed by atoms with E-state index in [1.807, 2.05) is 0 Å². The molecular formula is C22H43N3O13. The van der Waals surface area contributed by atoms with Crippen molar-refractivity contribution in [2.75, 3.05) is 48.1 Å². The van der Waals surface area contributed by atoms with Crippen LogP contribution in [0.2, 0.25) is 0 Å². The largest absolute Gasteiger partial charge is 0.394 e. The lowest BCUT2D eigenvalue weighted by molar-refractivity contribution is -0.321. The van der Waals surface area contributed by atoms with Crippen molar-refractivity contribution in [3.8, 4) is 0 Å². The Morgan fingerprint density at radius 3 is 1.82 bits per heavy atom. The van der Waals surface area contributed by atoms with E-state index < -0.39 is 87.5 Å². The van der Waals surface area contributed by atoms with Crippen molar-refractivity contribution in [2.45, 2.75) is 67.7 Å². The second-order valence-corrected chi connectivity index (χ2v) is 8.10. The van der Waals surface area contributed by atoms with Crippen LogP contribution in [0.15, 0.2) is 0 Å². The SMILES string of the molecule is CN[CH]C(OC)OC(CO)C([CH]O)OC([CH]NC)OC(CO)C([CH]NC)O[C@@H]1OC(CO)[C@H](O)[C@H](O)C1O. The smallest absolute Gasteiger partial charge is 0.187 e. The van der Waals surface area contributed by atoms with Gasteiger partial charge in [-0.1, -0.05) is 0 Å². The van der Waals surface area contributed by atoms with Crippen LogP contribution in [0.1, 0.15) is 0 Å². The summed E-state index contributed by atoms with van der Waals surface area (Å²) in [5, 5.41) is 77.6. The lowest BCUT2D eigenvalue weighted by Gasteiger charge is -2.42. The minimum Gasteiger partial charge on any atom is -0.394 e. The Bertz CT molecular complexity index is 597. The monoisotopic (exact) mass is 557 g/mol. The predicted octanol–water partition coefficient (Wildman–Crippen LogP) is -4.71. The highest BCUT2D eigenvalue weighted by Gasteiger charge is 2.45. The Morgan fingerprint density at radius 2 is 1.32 bits per heavy atom. The third-order valence-corrected chi connectivity index (χ3v) is 5.46. The molecule has 0 aromatic heterocycles. The molecule has 38 heavy (non-hydrogen) atoms. The number of likely N-dealkylation sites (N-methyl/N-ethyl adjacent to an activating group) is 3. The van der Waals surface area contributed by atoms with Gasteiger partial charge in [-0.25, -0.2) is 0 Å². The summed E-state index contributed by atoms with van der Waals surface area (Å²) in [4.78, 5) is 0. The molecule has 0 aliphatic carbocycles. The van der Waals surface area contributed by atoms with Gasteiger partial charge in [0.1, 0.15) is 55.4 Å².